The van der Waals surface area contributed by atoms with Gasteiger partial charge in [-0.3, -0.25) is 4.21 Å². The molecule has 1 rings (SSSR count). The van der Waals surface area contributed by atoms with Gasteiger partial charge in [-0.2, -0.15) is 0 Å². The van der Waals surface area contributed by atoms with Gasteiger partial charge >= 0.3 is 5.97 Å². The third-order valence-electron chi connectivity index (χ3n) is 1.76. The molecule has 0 aromatic heterocycles. The van der Waals surface area contributed by atoms with Gasteiger partial charge in [-0.25, -0.2) is 4.79 Å². The molecule has 0 aliphatic heterocycles. The van der Waals surface area contributed by atoms with Crippen LogP contribution in [0.5, 0.6) is 0 Å². The predicted octanol–water partition coefficient (Wildman–Crippen LogP) is 1.43. The van der Waals surface area contributed by atoms with Gasteiger partial charge in [0.15, 0.2) is 0 Å². The standard InChI is InChI=1S/C9H10O4S2/c1-13-9(10)6-3-4-7(14-2)8(5-6)15(11)12/h3-5H,1-2H3,(H,11,12)/p-1. The Kier molecular flexibility index (Phi) is 4.31. The Balaban J connectivity index is 3.22. The lowest BCUT2D eigenvalue weighted by Crippen LogP contribution is -2.03. The summed E-state index contributed by atoms with van der Waals surface area (Å²) in [6.45, 7) is 0. The van der Waals surface area contributed by atoms with Crippen molar-refractivity contribution < 1.29 is 18.3 Å². The van der Waals surface area contributed by atoms with E-state index >= 15 is 0 Å². The van der Waals surface area contributed by atoms with Crippen LogP contribution in [0.4, 0.5) is 0 Å². The summed E-state index contributed by atoms with van der Waals surface area (Å²) in [7, 11) is 1.25. The van der Waals surface area contributed by atoms with Crippen LogP contribution in [0, 0.1) is 0 Å². The maximum Gasteiger partial charge on any atom is 0.337 e. The van der Waals surface area contributed by atoms with E-state index in [-0.39, 0.29) is 10.5 Å². The second kappa shape index (κ2) is 5.29. The molecule has 6 heteroatoms. The third kappa shape index (κ3) is 2.80. The number of thioether (sulfide) groups is 1. The maximum atomic E-state index is 11.2. The number of rotatable bonds is 3. The Hall–Kier alpha value is -0.850. The van der Waals surface area contributed by atoms with E-state index in [4.69, 9.17) is 0 Å². The normalized spacial score (nSPS) is 12.2. The van der Waals surface area contributed by atoms with Gasteiger partial charge in [0, 0.05) is 9.79 Å². The first-order valence-electron chi connectivity index (χ1n) is 3.95. The summed E-state index contributed by atoms with van der Waals surface area (Å²) in [5.41, 5.74) is 0.231. The fourth-order valence-electron chi connectivity index (χ4n) is 1.05. The molecule has 0 aliphatic rings. The van der Waals surface area contributed by atoms with E-state index in [0.717, 1.165) is 0 Å². The van der Waals surface area contributed by atoms with E-state index in [9.17, 15) is 13.6 Å². The van der Waals surface area contributed by atoms with Crippen molar-refractivity contribution in [2.75, 3.05) is 13.4 Å². The fourth-order valence-corrected chi connectivity index (χ4v) is 2.43. The van der Waals surface area contributed by atoms with Crippen molar-refractivity contribution in [3.8, 4) is 0 Å². The smallest absolute Gasteiger partial charge is 0.337 e. The molecule has 0 spiro atoms. The van der Waals surface area contributed by atoms with Crippen LogP contribution in [-0.2, 0) is 15.8 Å². The molecule has 82 valence electrons. The maximum absolute atomic E-state index is 11.2. The van der Waals surface area contributed by atoms with Crippen LogP contribution in [0.25, 0.3) is 0 Å². The molecule has 0 saturated carbocycles. The second-order valence-electron chi connectivity index (χ2n) is 2.59. The SMILES string of the molecule is COC(=O)c1ccc(SC)c(S(=O)[O-])c1. The van der Waals surface area contributed by atoms with Gasteiger partial charge in [-0.15, -0.1) is 11.8 Å². The van der Waals surface area contributed by atoms with Crippen molar-refractivity contribution in [1.82, 2.24) is 0 Å². The molecule has 1 atom stereocenters. The van der Waals surface area contributed by atoms with E-state index in [1.54, 1.807) is 12.3 Å². The zero-order valence-electron chi connectivity index (χ0n) is 8.18. The predicted molar refractivity (Wildman–Crippen MR) is 56.7 cm³/mol. The van der Waals surface area contributed by atoms with E-state index in [1.165, 1.54) is 31.0 Å². The summed E-state index contributed by atoms with van der Waals surface area (Å²) in [6.07, 6.45) is 1.77. The molecule has 0 fully saturated rings. The highest BCUT2D eigenvalue weighted by atomic mass is 32.2. The van der Waals surface area contributed by atoms with Crippen molar-refractivity contribution in [3.05, 3.63) is 23.8 Å². The summed E-state index contributed by atoms with van der Waals surface area (Å²) in [4.78, 5) is 11.9. The van der Waals surface area contributed by atoms with Crippen LogP contribution in [-0.4, -0.2) is 28.1 Å². The second-order valence-corrected chi connectivity index (χ2v) is 4.35. The van der Waals surface area contributed by atoms with Gasteiger partial charge in [0.25, 0.3) is 0 Å². The van der Waals surface area contributed by atoms with Crippen molar-refractivity contribution in [2.24, 2.45) is 0 Å². The van der Waals surface area contributed by atoms with Gasteiger partial charge < -0.3 is 9.29 Å². The number of benzene rings is 1. The molecule has 1 aromatic carbocycles. The first kappa shape index (κ1) is 12.2. The minimum absolute atomic E-state index is 0.116. The molecule has 1 unspecified atom stereocenters. The van der Waals surface area contributed by atoms with Crippen LogP contribution in [0.2, 0.25) is 0 Å². The lowest BCUT2D eigenvalue weighted by Gasteiger charge is -2.11. The summed E-state index contributed by atoms with van der Waals surface area (Å²) < 4.78 is 26.3. The Morgan fingerprint density at radius 3 is 2.67 bits per heavy atom. The monoisotopic (exact) mass is 245 g/mol. The highest BCUT2D eigenvalue weighted by molar-refractivity contribution is 7.99. The van der Waals surface area contributed by atoms with E-state index in [2.05, 4.69) is 4.74 Å². The van der Waals surface area contributed by atoms with Gasteiger partial charge in [-0.1, -0.05) is 0 Å². The highest BCUT2D eigenvalue weighted by Gasteiger charge is 2.09. The summed E-state index contributed by atoms with van der Waals surface area (Å²) in [5, 5.41) is 0. The van der Waals surface area contributed by atoms with Crippen molar-refractivity contribution in [1.29, 1.82) is 0 Å². The molecule has 15 heavy (non-hydrogen) atoms. The lowest BCUT2D eigenvalue weighted by molar-refractivity contribution is 0.0600. The molecular weight excluding hydrogens is 236 g/mol. The van der Waals surface area contributed by atoms with Crippen molar-refractivity contribution >= 4 is 28.8 Å². The average molecular weight is 245 g/mol. The van der Waals surface area contributed by atoms with Crippen LogP contribution in [0.3, 0.4) is 0 Å². The number of hydrogen-bond donors (Lipinski definition) is 0. The number of carbonyl (C=O) groups excluding carboxylic acids is 1. The molecule has 0 radical (unpaired) electrons. The van der Waals surface area contributed by atoms with E-state index < -0.39 is 17.0 Å². The highest BCUT2D eigenvalue weighted by Crippen LogP contribution is 2.24. The van der Waals surface area contributed by atoms with Crippen LogP contribution in [0.1, 0.15) is 10.4 Å². The Morgan fingerprint density at radius 2 is 2.20 bits per heavy atom. The van der Waals surface area contributed by atoms with E-state index in [1.807, 2.05) is 0 Å². The number of ether oxygens (including phenoxy) is 1. The molecule has 1 aromatic rings. The molecule has 0 bridgehead atoms. The Morgan fingerprint density at radius 1 is 1.53 bits per heavy atom. The summed E-state index contributed by atoms with van der Waals surface area (Å²) in [6, 6.07) is 4.43. The molecule has 4 nitrogen and oxygen atoms in total. The van der Waals surface area contributed by atoms with Crippen molar-refractivity contribution in [2.45, 2.75) is 9.79 Å². The largest absolute Gasteiger partial charge is 0.768 e. The fraction of sp³-hybridized carbons (Fsp3) is 0.222. The molecule has 0 aliphatic carbocycles. The Bertz CT molecular complexity index is 403. The van der Waals surface area contributed by atoms with Crippen LogP contribution in [0.15, 0.2) is 28.0 Å². The minimum atomic E-state index is -2.35. The number of esters is 1. The topological polar surface area (TPSA) is 66.4 Å². The van der Waals surface area contributed by atoms with Gasteiger partial charge in [0.2, 0.25) is 0 Å². The third-order valence-corrected chi connectivity index (χ3v) is 3.39. The first-order chi connectivity index (χ1) is 7.10. The quantitative estimate of drug-likeness (QED) is 0.458. The van der Waals surface area contributed by atoms with Gasteiger partial charge in [0.05, 0.1) is 12.7 Å². The lowest BCUT2D eigenvalue weighted by atomic mass is 10.2. The average Bonchev–Trinajstić information content (AvgIpc) is 2.27. The molecule has 0 amide bonds. The van der Waals surface area contributed by atoms with Crippen LogP contribution >= 0.6 is 11.8 Å². The molecule has 0 N–H and O–H groups in total. The summed E-state index contributed by atoms with van der Waals surface area (Å²) in [5.74, 6) is -0.547. The van der Waals surface area contributed by atoms with E-state index in [0.29, 0.717) is 4.90 Å². The van der Waals surface area contributed by atoms with Gasteiger partial charge in [-0.05, 0) is 35.5 Å². The zero-order valence-corrected chi connectivity index (χ0v) is 9.81. The summed E-state index contributed by atoms with van der Waals surface area (Å²) >= 11 is -1.04. The van der Waals surface area contributed by atoms with Crippen molar-refractivity contribution in [3.63, 3.8) is 0 Å². The molecule has 0 saturated heterocycles. The molecule has 0 heterocycles. The number of carbonyl (C=O) groups is 1. The molecular formula is C9H9O4S2-. The van der Waals surface area contributed by atoms with Gasteiger partial charge in [0.1, 0.15) is 0 Å². The first-order valence-corrected chi connectivity index (χ1v) is 6.25. The number of hydrogen-bond acceptors (Lipinski definition) is 5. The zero-order chi connectivity index (χ0) is 11.4. The van der Waals surface area contributed by atoms with Crippen LogP contribution < -0.4 is 0 Å². The number of methoxy groups -OCH3 is 1. The Labute approximate surface area is 94.3 Å². The minimum Gasteiger partial charge on any atom is -0.768 e.